The highest BCUT2D eigenvalue weighted by molar-refractivity contribution is 6.24. The Morgan fingerprint density at radius 2 is 0.945 bits per heavy atom. The molecule has 55 heavy (non-hydrogen) atoms. The molecule has 8 aromatic carbocycles. The van der Waals surface area contributed by atoms with Gasteiger partial charge < -0.3 is 4.42 Å². The van der Waals surface area contributed by atoms with Gasteiger partial charge in [0.2, 0.25) is 0 Å². The van der Waals surface area contributed by atoms with Crippen LogP contribution in [0.25, 0.3) is 111 Å². The lowest BCUT2D eigenvalue weighted by Gasteiger charge is -2.14. The minimum absolute atomic E-state index is 0.680. The lowest BCUT2D eigenvalue weighted by molar-refractivity contribution is 0.669. The third-order valence-corrected chi connectivity index (χ3v) is 10.7. The van der Waals surface area contributed by atoms with E-state index >= 15 is 0 Å². The van der Waals surface area contributed by atoms with E-state index in [2.05, 4.69) is 140 Å². The number of fused-ring (bicyclic) bond motifs is 8. The van der Waals surface area contributed by atoms with Gasteiger partial charge in [0.25, 0.3) is 0 Å². The van der Waals surface area contributed by atoms with E-state index in [9.17, 15) is 0 Å². The Balaban J connectivity index is 1.12. The fourth-order valence-electron chi connectivity index (χ4n) is 8.06. The number of pyridine rings is 1. The first-order valence-electron chi connectivity index (χ1n) is 18.5. The third-order valence-electron chi connectivity index (χ3n) is 10.7. The second-order valence-electron chi connectivity index (χ2n) is 13.9. The summed E-state index contributed by atoms with van der Waals surface area (Å²) in [5, 5.41) is 7.93. The largest absolute Gasteiger partial charge is 0.454 e. The summed E-state index contributed by atoms with van der Waals surface area (Å²) < 4.78 is 6.72. The first-order valence-corrected chi connectivity index (χ1v) is 18.5. The molecule has 0 spiro atoms. The summed E-state index contributed by atoms with van der Waals surface area (Å²) in [5.41, 5.74) is 11.4. The van der Waals surface area contributed by atoms with E-state index in [1.807, 2.05) is 48.5 Å². The number of aromatic nitrogens is 3. The predicted octanol–water partition coefficient (Wildman–Crippen LogP) is 13.6. The molecular weight excluding hydrogens is 671 g/mol. The van der Waals surface area contributed by atoms with Crippen molar-refractivity contribution in [2.24, 2.45) is 0 Å². The standard InChI is InChI=1S/C51H31N3O/c1-3-14-33(15-4-1)44-31-45(34-16-5-2-6-17-34)53-51(52-44)35-28-26-32(27-29-35)38-23-13-24-42-47-41-22-11-12-25-46(41)55-50(47)49(54-48(38)42)43-30-36-18-7-8-19-37(36)39-20-9-10-21-40(39)43/h1-31H. The molecule has 0 unspecified atom stereocenters. The quantitative estimate of drug-likeness (QED) is 0.168. The van der Waals surface area contributed by atoms with Crippen molar-refractivity contribution in [3.63, 3.8) is 0 Å². The summed E-state index contributed by atoms with van der Waals surface area (Å²) in [5.74, 6) is 0.680. The van der Waals surface area contributed by atoms with Gasteiger partial charge in [0.1, 0.15) is 11.3 Å². The van der Waals surface area contributed by atoms with Gasteiger partial charge in [-0.1, -0.05) is 170 Å². The molecule has 0 aliphatic heterocycles. The van der Waals surface area contributed by atoms with Gasteiger partial charge in [0.15, 0.2) is 11.4 Å². The number of nitrogens with zero attached hydrogens (tertiary/aromatic N) is 3. The van der Waals surface area contributed by atoms with Crippen molar-refractivity contribution in [1.82, 2.24) is 15.0 Å². The predicted molar refractivity (Wildman–Crippen MR) is 227 cm³/mol. The Hall–Kier alpha value is -7.43. The molecule has 11 rings (SSSR count). The van der Waals surface area contributed by atoms with Gasteiger partial charge in [-0.25, -0.2) is 15.0 Å². The molecule has 0 aliphatic carbocycles. The molecule has 3 heterocycles. The lowest BCUT2D eigenvalue weighted by Crippen LogP contribution is -1.96. The fourth-order valence-corrected chi connectivity index (χ4v) is 8.06. The Bertz CT molecular complexity index is 3180. The molecule has 11 aromatic rings. The van der Waals surface area contributed by atoms with Gasteiger partial charge in [-0.3, -0.25) is 0 Å². The van der Waals surface area contributed by atoms with Gasteiger partial charge in [-0.15, -0.1) is 0 Å². The molecule has 4 heteroatoms. The number of hydrogen-bond donors (Lipinski definition) is 0. The molecule has 256 valence electrons. The molecule has 0 saturated carbocycles. The van der Waals surface area contributed by atoms with Crippen LogP contribution in [0.15, 0.2) is 192 Å². The van der Waals surface area contributed by atoms with E-state index in [0.717, 1.165) is 88.7 Å². The first-order chi connectivity index (χ1) is 27.3. The van der Waals surface area contributed by atoms with Gasteiger partial charge in [-0.05, 0) is 45.3 Å². The first kappa shape index (κ1) is 31.1. The zero-order valence-electron chi connectivity index (χ0n) is 29.6. The molecule has 0 N–H and O–H groups in total. The monoisotopic (exact) mass is 701 g/mol. The molecule has 0 saturated heterocycles. The van der Waals surface area contributed by atoms with Crippen LogP contribution < -0.4 is 0 Å². The van der Waals surface area contributed by atoms with Gasteiger partial charge in [-0.2, -0.15) is 0 Å². The topological polar surface area (TPSA) is 51.8 Å². The molecule has 0 aliphatic rings. The molecule has 0 amide bonds. The Morgan fingerprint density at radius 3 is 1.67 bits per heavy atom. The molecule has 0 radical (unpaired) electrons. The van der Waals surface area contributed by atoms with E-state index in [-0.39, 0.29) is 0 Å². The minimum Gasteiger partial charge on any atom is -0.454 e. The van der Waals surface area contributed by atoms with Crippen LogP contribution in [0.5, 0.6) is 0 Å². The molecule has 0 fully saturated rings. The van der Waals surface area contributed by atoms with Crippen LogP contribution in [0.3, 0.4) is 0 Å². The van der Waals surface area contributed by atoms with Crippen LogP contribution >= 0.6 is 0 Å². The number of furan rings is 1. The minimum atomic E-state index is 0.680. The van der Waals surface area contributed by atoms with Crippen molar-refractivity contribution in [3.8, 4) is 56.3 Å². The second-order valence-corrected chi connectivity index (χ2v) is 13.9. The smallest absolute Gasteiger partial charge is 0.162 e. The number of para-hydroxylation sites is 2. The van der Waals surface area contributed by atoms with Gasteiger partial charge in [0.05, 0.1) is 16.9 Å². The second kappa shape index (κ2) is 12.6. The van der Waals surface area contributed by atoms with Crippen molar-refractivity contribution in [1.29, 1.82) is 0 Å². The maximum absolute atomic E-state index is 6.72. The molecule has 3 aromatic heterocycles. The number of rotatable bonds is 5. The van der Waals surface area contributed by atoms with Crippen molar-refractivity contribution in [2.75, 3.05) is 0 Å². The average Bonchev–Trinajstić information content (AvgIpc) is 3.66. The lowest BCUT2D eigenvalue weighted by atomic mass is 9.93. The third kappa shape index (κ3) is 5.19. The summed E-state index contributed by atoms with van der Waals surface area (Å²) in [4.78, 5) is 15.7. The van der Waals surface area contributed by atoms with E-state index in [0.29, 0.717) is 5.82 Å². The summed E-state index contributed by atoms with van der Waals surface area (Å²) in [6, 6.07) is 65.4. The fraction of sp³-hybridized carbons (Fsp3) is 0. The van der Waals surface area contributed by atoms with E-state index < -0.39 is 0 Å². The maximum atomic E-state index is 6.72. The van der Waals surface area contributed by atoms with Gasteiger partial charge >= 0.3 is 0 Å². The van der Waals surface area contributed by atoms with Gasteiger partial charge in [0, 0.05) is 44.0 Å². The zero-order chi connectivity index (χ0) is 36.3. The van der Waals surface area contributed by atoms with Crippen LogP contribution in [0.1, 0.15) is 0 Å². The van der Waals surface area contributed by atoms with E-state index in [1.165, 1.54) is 16.2 Å². The van der Waals surface area contributed by atoms with Crippen LogP contribution in [-0.2, 0) is 0 Å². The maximum Gasteiger partial charge on any atom is 0.162 e. The molecule has 0 atom stereocenters. The average molecular weight is 702 g/mol. The molecule has 4 nitrogen and oxygen atoms in total. The highest BCUT2D eigenvalue weighted by Gasteiger charge is 2.22. The molecular formula is C51H31N3O. The normalized spacial score (nSPS) is 11.6. The van der Waals surface area contributed by atoms with Crippen molar-refractivity contribution >= 4 is 54.4 Å². The Morgan fingerprint density at radius 1 is 0.364 bits per heavy atom. The van der Waals surface area contributed by atoms with Crippen LogP contribution in [0.4, 0.5) is 0 Å². The van der Waals surface area contributed by atoms with Crippen molar-refractivity contribution in [2.45, 2.75) is 0 Å². The number of hydrogen-bond acceptors (Lipinski definition) is 4. The number of benzene rings is 8. The van der Waals surface area contributed by atoms with E-state index in [4.69, 9.17) is 19.4 Å². The summed E-state index contributed by atoms with van der Waals surface area (Å²) >= 11 is 0. The summed E-state index contributed by atoms with van der Waals surface area (Å²) in [6.07, 6.45) is 0. The SMILES string of the molecule is c1ccc(-c2cc(-c3ccccc3)nc(-c3ccc(-c4cccc5c4nc(-c4cc6ccccc6c6ccccc46)c4oc6ccccc6c45)cc3)n2)cc1. The zero-order valence-corrected chi connectivity index (χ0v) is 29.6. The highest BCUT2D eigenvalue weighted by Crippen LogP contribution is 2.44. The Labute approximate surface area is 317 Å². The van der Waals surface area contributed by atoms with Crippen molar-refractivity contribution in [3.05, 3.63) is 188 Å². The van der Waals surface area contributed by atoms with Crippen LogP contribution in [-0.4, -0.2) is 15.0 Å². The van der Waals surface area contributed by atoms with Crippen molar-refractivity contribution < 1.29 is 4.42 Å². The Kier molecular flexibility index (Phi) is 7.14. The van der Waals surface area contributed by atoms with E-state index in [1.54, 1.807) is 0 Å². The highest BCUT2D eigenvalue weighted by atomic mass is 16.3. The summed E-state index contributed by atoms with van der Waals surface area (Å²) in [6.45, 7) is 0. The van der Waals surface area contributed by atoms with Crippen LogP contribution in [0, 0.1) is 0 Å². The summed E-state index contributed by atoms with van der Waals surface area (Å²) in [7, 11) is 0. The van der Waals surface area contributed by atoms with Crippen LogP contribution in [0.2, 0.25) is 0 Å². The molecule has 0 bridgehead atoms.